The lowest BCUT2D eigenvalue weighted by Crippen LogP contribution is -2.16. The highest BCUT2D eigenvalue weighted by atomic mass is 32.2. The summed E-state index contributed by atoms with van der Waals surface area (Å²) in [5.41, 5.74) is 2.07. The van der Waals surface area contributed by atoms with Gasteiger partial charge in [0, 0.05) is 0 Å². The van der Waals surface area contributed by atoms with Crippen LogP contribution in [0.4, 0.5) is 0 Å². The lowest BCUT2D eigenvalue weighted by Gasteiger charge is -2.13. The predicted molar refractivity (Wildman–Crippen MR) is 101 cm³/mol. The average Bonchev–Trinajstić information content (AvgIpc) is 2.61. The first-order valence-corrected chi connectivity index (χ1v) is 11.3. The van der Waals surface area contributed by atoms with Gasteiger partial charge in [0.1, 0.15) is 0 Å². The van der Waals surface area contributed by atoms with Crippen molar-refractivity contribution in [2.45, 2.75) is 31.6 Å². The summed E-state index contributed by atoms with van der Waals surface area (Å²) in [6.07, 6.45) is 4.44. The minimum Gasteiger partial charge on any atom is -0.377 e. The van der Waals surface area contributed by atoms with Gasteiger partial charge < -0.3 is 4.74 Å². The lowest BCUT2D eigenvalue weighted by molar-refractivity contribution is 0.0797. The molecule has 0 radical (unpaired) electrons. The van der Waals surface area contributed by atoms with E-state index in [1.54, 1.807) is 24.3 Å². The molecule has 0 aromatic heterocycles. The zero-order valence-corrected chi connectivity index (χ0v) is 17.0. The Hall–Kier alpha value is -1.52. The second-order valence-corrected chi connectivity index (χ2v) is 9.41. The zero-order valence-electron chi connectivity index (χ0n) is 15.4. The molecule has 2 rings (SSSR count). The van der Waals surface area contributed by atoms with Crippen LogP contribution in [0.15, 0.2) is 51.8 Å². The van der Waals surface area contributed by atoms with E-state index in [2.05, 4.69) is 0 Å². The second-order valence-electron chi connectivity index (χ2n) is 6.12. The van der Waals surface area contributed by atoms with Crippen molar-refractivity contribution in [3.05, 3.63) is 52.5 Å². The van der Waals surface area contributed by atoms with Gasteiger partial charge in [0.25, 0.3) is 20.2 Å². The maximum absolute atomic E-state index is 12.0. The third kappa shape index (κ3) is 6.86. The van der Waals surface area contributed by atoms with Gasteiger partial charge in [-0.05, 0) is 44.9 Å². The minimum absolute atomic E-state index is 0.000865. The smallest absolute Gasteiger partial charge is 0.297 e. The highest BCUT2D eigenvalue weighted by Crippen LogP contribution is 2.23. The minimum atomic E-state index is -3.83. The first-order valence-electron chi connectivity index (χ1n) is 8.50. The summed E-state index contributed by atoms with van der Waals surface area (Å²) >= 11 is 0. The fraction of sp³-hybridized carbons (Fsp3) is 0.444. The molecule has 0 saturated heterocycles. The standard InChI is InChI=1S/C18H24O7S2/c1-15-3-7-17(8-4-15)26(19,20)24-13-11-23-12-14-25-27(21,22)18-9-5-16(2)6-10-18/h3-5,7-9H,6,10-14H2,1-2H3. The number of hydrogen-bond acceptors (Lipinski definition) is 7. The van der Waals surface area contributed by atoms with E-state index < -0.39 is 20.2 Å². The Bertz CT molecular complexity index is 896. The molecular weight excluding hydrogens is 392 g/mol. The van der Waals surface area contributed by atoms with Crippen LogP contribution in [0, 0.1) is 6.92 Å². The Morgan fingerprint density at radius 3 is 1.93 bits per heavy atom. The molecule has 1 aliphatic rings. The first kappa shape index (κ1) is 21.8. The third-order valence-electron chi connectivity index (χ3n) is 3.88. The molecule has 0 bridgehead atoms. The van der Waals surface area contributed by atoms with Crippen LogP contribution in [0.2, 0.25) is 0 Å². The Labute approximate surface area is 160 Å². The van der Waals surface area contributed by atoms with Crippen LogP contribution in [0.1, 0.15) is 25.3 Å². The van der Waals surface area contributed by atoms with Crippen LogP contribution >= 0.6 is 0 Å². The molecular formula is C18H24O7S2. The van der Waals surface area contributed by atoms with E-state index in [1.807, 2.05) is 13.8 Å². The highest BCUT2D eigenvalue weighted by molar-refractivity contribution is 7.90. The van der Waals surface area contributed by atoms with Crippen LogP contribution < -0.4 is 0 Å². The normalized spacial score (nSPS) is 15.3. The van der Waals surface area contributed by atoms with Crippen molar-refractivity contribution in [3.8, 4) is 0 Å². The van der Waals surface area contributed by atoms with Gasteiger partial charge in [0.05, 0.1) is 36.2 Å². The Morgan fingerprint density at radius 1 is 0.778 bits per heavy atom. The van der Waals surface area contributed by atoms with E-state index in [-0.39, 0.29) is 36.2 Å². The van der Waals surface area contributed by atoms with Gasteiger partial charge >= 0.3 is 0 Å². The van der Waals surface area contributed by atoms with E-state index in [9.17, 15) is 16.8 Å². The molecule has 27 heavy (non-hydrogen) atoms. The van der Waals surface area contributed by atoms with E-state index >= 15 is 0 Å². The van der Waals surface area contributed by atoms with Crippen LogP contribution in [0.5, 0.6) is 0 Å². The lowest BCUT2D eigenvalue weighted by atomic mass is 10.1. The van der Waals surface area contributed by atoms with Gasteiger partial charge in [-0.3, -0.25) is 8.37 Å². The van der Waals surface area contributed by atoms with Gasteiger partial charge in [0.2, 0.25) is 0 Å². The van der Waals surface area contributed by atoms with E-state index in [1.165, 1.54) is 12.1 Å². The van der Waals surface area contributed by atoms with Crippen molar-refractivity contribution in [1.29, 1.82) is 0 Å². The summed E-state index contributed by atoms with van der Waals surface area (Å²) in [7, 11) is -7.59. The van der Waals surface area contributed by atoms with Crippen LogP contribution in [0.25, 0.3) is 0 Å². The quantitative estimate of drug-likeness (QED) is 0.427. The summed E-state index contributed by atoms with van der Waals surface area (Å²) in [4.78, 5) is 0.327. The highest BCUT2D eigenvalue weighted by Gasteiger charge is 2.20. The van der Waals surface area contributed by atoms with Crippen molar-refractivity contribution in [2.75, 3.05) is 26.4 Å². The fourth-order valence-electron chi connectivity index (χ4n) is 2.29. The first-order chi connectivity index (χ1) is 12.7. The van der Waals surface area contributed by atoms with Gasteiger partial charge in [-0.25, -0.2) is 0 Å². The van der Waals surface area contributed by atoms with Crippen LogP contribution in [-0.4, -0.2) is 43.3 Å². The summed E-state index contributed by atoms with van der Waals surface area (Å²) in [6, 6.07) is 6.31. The number of benzene rings is 1. The Kier molecular flexibility index (Phi) is 7.75. The molecule has 0 unspecified atom stereocenters. The number of rotatable bonds is 10. The van der Waals surface area contributed by atoms with E-state index in [4.69, 9.17) is 13.1 Å². The Morgan fingerprint density at radius 2 is 1.37 bits per heavy atom. The summed E-state index contributed by atoms with van der Waals surface area (Å²) in [5, 5.41) is 0. The topological polar surface area (TPSA) is 96.0 Å². The van der Waals surface area contributed by atoms with Gasteiger partial charge in [-0.15, -0.1) is 0 Å². The van der Waals surface area contributed by atoms with Crippen LogP contribution in [-0.2, 0) is 33.3 Å². The molecule has 7 nitrogen and oxygen atoms in total. The maximum Gasteiger partial charge on any atom is 0.297 e. The maximum atomic E-state index is 12.0. The molecule has 1 aromatic rings. The van der Waals surface area contributed by atoms with Crippen molar-refractivity contribution < 1.29 is 29.9 Å². The number of allylic oxidation sites excluding steroid dienone is 4. The molecule has 0 heterocycles. The molecule has 0 amide bonds. The molecule has 150 valence electrons. The summed E-state index contributed by atoms with van der Waals surface area (Å²) in [6.45, 7) is 3.49. The molecule has 0 aliphatic heterocycles. The van der Waals surface area contributed by atoms with Gasteiger partial charge in [-0.2, -0.15) is 16.8 Å². The van der Waals surface area contributed by atoms with Gasteiger partial charge in [-0.1, -0.05) is 29.3 Å². The average molecular weight is 417 g/mol. The summed E-state index contributed by atoms with van der Waals surface area (Å²) in [5.74, 6) is 0. The SMILES string of the molecule is CC1=CC=C(S(=O)(=O)OCCOCCOS(=O)(=O)c2ccc(C)cc2)CC1. The van der Waals surface area contributed by atoms with Crippen LogP contribution in [0.3, 0.4) is 0 Å². The second kappa shape index (κ2) is 9.61. The van der Waals surface area contributed by atoms with Crippen molar-refractivity contribution in [1.82, 2.24) is 0 Å². The molecule has 0 atom stereocenters. The molecule has 0 N–H and O–H groups in total. The van der Waals surface area contributed by atoms with Crippen molar-refractivity contribution in [2.24, 2.45) is 0 Å². The zero-order chi connectivity index (χ0) is 19.9. The third-order valence-corrected chi connectivity index (χ3v) is 6.67. The number of ether oxygens (including phenoxy) is 1. The Balaban J connectivity index is 1.67. The van der Waals surface area contributed by atoms with E-state index in [0.29, 0.717) is 12.8 Å². The predicted octanol–water partition coefficient (Wildman–Crippen LogP) is 2.69. The number of hydrogen-bond donors (Lipinski definition) is 0. The molecule has 1 aliphatic carbocycles. The van der Waals surface area contributed by atoms with Gasteiger partial charge in [0.15, 0.2) is 0 Å². The summed E-state index contributed by atoms with van der Waals surface area (Å²) < 4.78 is 62.9. The molecule has 0 saturated carbocycles. The molecule has 1 aromatic carbocycles. The van der Waals surface area contributed by atoms with Crippen molar-refractivity contribution in [3.63, 3.8) is 0 Å². The molecule has 0 fully saturated rings. The van der Waals surface area contributed by atoms with Crippen molar-refractivity contribution >= 4 is 20.2 Å². The largest absolute Gasteiger partial charge is 0.377 e. The molecule has 0 spiro atoms. The fourth-order valence-corrected chi connectivity index (χ4v) is 4.21. The number of aryl methyl sites for hydroxylation is 1. The monoisotopic (exact) mass is 416 g/mol. The molecule has 9 heteroatoms. The van der Waals surface area contributed by atoms with E-state index in [0.717, 1.165) is 11.1 Å².